The van der Waals surface area contributed by atoms with Crippen LogP contribution in [-0.2, 0) is 0 Å². The minimum absolute atomic E-state index is 0.359. The number of rotatable bonds is 9. The second-order valence-electron chi connectivity index (χ2n) is 8.54. The fraction of sp³-hybridized carbons (Fsp3) is 0.520. The molecule has 0 radical (unpaired) electrons. The predicted molar refractivity (Wildman–Crippen MR) is 116 cm³/mol. The van der Waals surface area contributed by atoms with Gasteiger partial charge >= 0.3 is 0 Å². The van der Waals surface area contributed by atoms with Crippen molar-refractivity contribution < 1.29 is 9.59 Å². The van der Waals surface area contributed by atoms with Crippen LogP contribution in [0.1, 0.15) is 70.1 Å². The Labute approximate surface area is 166 Å². The van der Waals surface area contributed by atoms with Crippen molar-refractivity contribution >= 4 is 0 Å². The topological polar surface area (TPSA) is 20.2 Å². The number of hydrogen-bond acceptors (Lipinski definition) is 1. The Morgan fingerprint density at radius 2 is 1.48 bits per heavy atom. The van der Waals surface area contributed by atoms with Gasteiger partial charge in [0.2, 0.25) is 0 Å². The van der Waals surface area contributed by atoms with Gasteiger partial charge in [-0.2, -0.15) is 0 Å². The second kappa shape index (κ2) is 9.41. The van der Waals surface area contributed by atoms with Crippen molar-refractivity contribution in [2.45, 2.75) is 72.4 Å². The molecule has 2 rings (SSSR count). The molecule has 1 atom stereocenters. The largest absolute Gasteiger partial charge is 0.508 e. The molecule has 0 spiro atoms. The maximum Gasteiger partial charge on any atom is 0.118 e. The van der Waals surface area contributed by atoms with Gasteiger partial charge in [-0.05, 0) is 63.8 Å². The number of hydrogen-bond donors (Lipinski definition) is 1. The van der Waals surface area contributed by atoms with Gasteiger partial charge in [0.15, 0.2) is 0 Å². The third kappa shape index (κ3) is 4.93. The normalized spacial score (nSPS) is 13.3. The van der Waals surface area contributed by atoms with E-state index in [9.17, 15) is 5.11 Å². The van der Waals surface area contributed by atoms with Crippen molar-refractivity contribution in [1.29, 1.82) is 0 Å². The van der Waals surface area contributed by atoms with Crippen LogP contribution in [0.15, 0.2) is 48.5 Å². The highest BCUT2D eigenvalue weighted by molar-refractivity contribution is 5.40. The molecule has 2 heteroatoms. The van der Waals surface area contributed by atoms with Gasteiger partial charge < -0.3 is 9.59 Å². The molecule has 2 aromatic carbocycles. The van der Waals surface area contributed by atoms with E-state index in [1.807, 2.05) is 13.0 Å². The van der Waals surface area contributed by atoms with Crippen LogP contribution in [0.3, 0.4) is 0 Å². The number of aryl methyl sites for hydroxylation is 1. The van der Waals surface area contributed by atoms with Crippen molar-refractivity contribution in [3.8, 4) is 5.75 Å². The Morgan fingerprint density at radius 3 is 2.00 bits per heavy atom. The van der Waals surface area contributed by atoms with E-state index in [2.05, 4.69) is 77.1 Å². The maximum atomic E-state index is 9.97. The van der Waals surface area contributed by atoms with Gasteiger partial charge in [0.25, 0.3) is 0 Å². The third-order valence-electron chi connectivity index (χ3n) is 6.36. The molecule has 0 bridgehead atoms. The van der Waals surface area contributed by atoms with Crippen LogP contribution in [0.4, 0.5) is 0 Å². The number of nitrogens with zero attached hydrogens (tertiary/aromatic N) is 1. The lowest BCUT2D eigenvalue weighted by Gasteiger charge is -2.47. The lowest BCUT2D eigenvalue weighted by Crippen LogP contribution is -2.58. The van der Waals surface area contributed by atoms with Crippen molar-refractivity contribution in [2.24, 2.45) is 0 Å². The Bertz CT molecular complexity index is 698. The van der Waals surface area contributed by atoms with Gasteiger partial charge in [0, 0.05) is 12.3 Å². The average Bonchev–Trinajstić information content (AvgIpc) is 2.64. The summed E-state index contributed by atoms with van der Waals surface area (Å²) in [6.45, 7) is 16.2. The number of phenols is 1. The van der Waals surface area contributed by atoms with E-state index >= 15 is 0 Å². The summed E-state index contributed by atoms with van der Waals surface area (Å²) in [7, 11) is 0. The monoisotopic (exact) mass is 368 g/mol. The van der Waals surface area contributed by atoms with Crippen molar-refractivity contribution in [2.75, 3.05) is 13.1 Å². The summed E-state index contributed by atoms with van der Waals surface area (Å²) >= 11 is 0. The minimum Gasteiger partial charge on any atom is -0.508 e. The van der Waals surface area contributed by atoms with Crippen molar-refractivity contribution in [3.63, 3.8) is 0 Å². The second-order valence-corrected chi connectivity index (χ2v) is 8.54. The Hall–Kier alpha value is -1.80. The maximum absolute atomic E-state index is 9.97. The standard InChI is InChI=1S/C25H37NO/c1-7-16-26(19(2)3,20(4)5)17-15-24(22-11-9-8-10-12-22)23-13-14-25(27)21(6)18-23/h8-14,18-20,24H,7,15-17H2,1-6H3/p+1/t24-/m1/s1. The molecule has 0 amide bonds. The molecular weight excluding hydrogens is 330 g/mol. The average molecular weight is 369 g/mol. The van der Waals surface area contributed by atoms with Crippen LogP contribution in [-0.4, -0.2) is 34.8 Å². The molecule has 0 saturated heterocycles. The van der Waals surface area contributed by atoms with E-state index in [1.165, 1.54) is 30.6 Å². The summed E-state index contributed by atoms with van der Waals surface area (Å²) in [6, 6.07) is 18.2. The lowest BCUT2D eigenvalue weighted by atomic mass is 9.86. The molecule has 1 N–H and O–H groups in total. The first kappa shape index (κ1) is 21.5. The summed E-state index contributed by atoms with van der Waals surface area (Å²) in [5.41, 5.74) is 3.62. The highest BCUT2D eigenvalue weighted by Crippen LogP contribution is 2.33. The van der Waals surface area contributed by atoms with E-state index in [0.29, 0.717) is 23.8 Å². The molecule has 27 heavy (non-hydrogen) atoms. The Kier molecular flexibility index (Phi) is 7.49. The molecule has 0 heterocycles. The Balaban J connectivity index is 2.38. The molecular formula is C25H38NO+. The fourth-order valence-electron chi connectivity index (χ4n) is 4.63. The summed E-state index contributed by atoms with van der Waals surface area (Å²) in [5.74, 6) is 0.739. The van der Waals surface area contributed by atoms with Gasteiger partial charge in [0.1, 0.15) is 5.75 Å². The molecule has 0 aromatic heterocycles. The van der Waals surface area contributed by atoms with Crippen LogP contribution in [0, 0.1) is 6.92 Å². The van der Waals surface area contributed by atoms with E-state index in [4.69, 9.17) is 0 Å². The molecule has 0 unspecified atom stereocenters. The molecule has 0 aliphatic heterocycles. The molecule has 148 valence electrons. The molecule has 2 nitrogen and oxygen atoms in total. The summed E-state index contributed by atoms with van der Waals surface area (Å²) in [6.07, 6.45) is 2.33. The number of aromatic hydroxyl groups is 1. The SMILES string of the molecule is CCC[N+](CC[C@H](c1ccccc1)c1ccc(O)c(C)c1)(C(C)C)C(C)C. The first-order chi connectivity index (χ1) is 12.8. The summed E-state index contributed by atoms with van der Waals surface area (Å²) < 4.78 is 1.16. The van der Waals surface area contributed by atoms with E-state index in [1.54, 1.807) is 0 Å². The molecule has 0 aliphatic rings. The van der Waals surface area contributed by atoms with Crippen LogP contribution in [0.5, 0.6) is 5.75 Å². The van der Waals surface area contributed by atoms with Crippen LogP contribution >= 0.6 is 0 Å². The van der Waals surface area contributed by atoms with E-state index < -0.39 is 0 Å². The highest BCUT2D eigenvalue weighted by atomic mass is 16.3. The predicted octanol–water partition coefficient (Wildman–Crippen LogP) is 6.27. The van der Waals surface area contributed by atoms with Crippen LogP contribution in [0.2, 0.25) is 0 Å². The highest BCUT2D eigenvalue weighted by Gasteiger charge is 2.34. The summed E-state index contributed by atoms with van der Waals surface area (Å²) in [5, 5.41) is 9.97. The Morgan fingerprint density at radius 1 is 0.852 bits per heavy atom. The molecule has 0 fully saturated rings. The molecule has 0 aliphatic carbocycles. The first-order valence-electron chi connectivity index (χ1n) is 10.5. The third-order valence-corrected chi connectivity index (χ3v) is 6.36. The van der Waals surface area contributed by atoms with Gasteiger partial charge in [-0.1, -0.05) is 49.4 Å². The van der Waals surface area contributed by atoms with Crippen molar-refractivity contribution in [3.05, 3.63) is 65.2 Å². The molecule has 0 saturated carbocycles. The molecule has 2 aromatic rings. The zero-order valence-electron chi connectivity index (χ0n) is 18.1. The summed E-state index contributed by atoms with van der Waals surface area (Å²) in [4.78, 5) is 0. The van der Waals surface area contributed by atoms with Crippen LogP contribution < -0.4 is 0 Å². The lowest BCUT2D eigenvalue weighted by molar-refractivity contribution is -0.967. The zero-order valence-corrected chi connectivity index (χ0v) is 18.1. The minimum atomic E-state index is 0.359. The number of benzene rings is 2. The smallest absolute Gasteiger partial charge is 0.118 e. The van der Waals surface area contributed by atoms with Gasteiger partial charge in [-0.15, -0.1) is 0 Å². The van der Waals surface area contributed by atoms with Crippen LogP contribution in [0.25, 0.3) is 0 Å². The van der Waals surface area contributed by atoms with E-state index in [-0.39, 0.29) is 0 Å². The fourth-order valence-corrected chi connectivity index (χ4v) is 4.63. The number of quaternary nitrogens is 1. The first-order valence-corrected chi connectivity index (χ1v) is 10.5. The van der Waals surface area contributed by atoms with Crippen molar-refractivity contribution in [1.82, 2.24) is 0 Å². The quantitative estimate of drug-likeness (QED) is 0.517. The van der Waals surface area contributed by atoms with E-state index in [0.717, 1.165) is 16.5 Å². The zero-order chi connectivity index (χ0) is 20.0. The number of phenolic OH excluding ortho intramolecular Hbond substituents is 1. The van der Waals surface area contributed by atoms with Gasteiger partial charge in [-0.3, -0.25) is 0 Å². The van der Waals surface area contributed by atoms with Gasteiger partial charge in [0.05, 0.1) is 25.2 Å². The van der Waals surface area contributed by atoms with Gasteiger partial charge in [-0.25, -0.2) is 0 Å².